The van der Waals surface area contributed by atoms with Crippen LogP contribution in [-0.4, -0.2) is 9.78 Å². The molecule has 2 rings (SSSR count). The van der Waals surface area contributed by atoms with Crippen LogP contribution in [0.15, 0.2) is 30.6 Å². The summed E-state index contributed by atoms with van der Waals surface area (Å²) in [6.07, 6.45) is 2.30. The number of nitrogens with two attached hydrogens (primary N) is 1. The van der Waals surface area contributed by atoms with Crippen molar-refractivity contribution in [3.63, 3.8) is 0 Å². The molecular formula is C11H11ClF3N3. The number of benzene rings is 1. The molecule has 98 valence electrons. The normalized spacial score (nSPS) is 10.5. The minimum Gasteiger partial charge on any atom is -0.326 e. The van der Waals surface area contributed by atoms with Gasteiger partial charge in [0.1, 0.15) is 5.82 Å². The minimum absolute atomic E-state index is 0. The highest BCUT2D eigenvalue weighted by molar-refractivity contribution is 5.85. The molecule has 0 saturated carbocycles. The van der Waals surface area contributed by atoms with E-state index in [-0.39, 0.29) is 24.5 Å². The Morgan fingerprint density at radius 1 is 1.33 bits per heavy atom. The highest BCUT2D eigenvalue weighted by atomic mass is 35.5. The first-order valence-corrected chi connectivity index (χ1v) is 4.93. The van der Waals surface area contributed by atoms with Crippen LogP contribution in [0.1, 0.15) is 12.1 Å². The quantitative estimate of drug-likeness (QED) is 0.937. The molecule has 0 unspecified atom stereocenters. The molecule has 0 aliphatic rings. The Morgan fingerprint density at radius 2 is 2.06 bits per heavy atom. The van der Waals surface area contributed by atoms with Crippen LogP contribution in [0.5, 0.6) is 0 Å². The van der Waals surface area contributed by atoms with Gasteiger partial charge in [0, 0.05) is 23.9 Å². The summed E-state index contributed by atoms with van der Waals surface area (Å²) >= 11 is 0. The molecule has 2 N–H and O–H groups in total. The van der Waals surface area contributed by atoms with Crippen molar-refractivity contribution in [2.24, 2.45) is 5.73 Å². The third-order valence-electron chi connectivity index (χ3n) is 2.38. The predicted octanol–water partition coefficient (Wildman–Crippen LogP) is 2.96. The number of nitrogens with zero attached hydrogens (tertiary/aromatic N) is 2. The van der Waals surface area contributed by atoms with E-state index in [9.17, 15) is 13.2 Å². The van der Waals surface area contributed by atoms with E-state index in [0.29, 0.717) is 15.8 Å². The largest absolute Gasteiger partial charge is 0.333 e. The minimum atomic E-state index is -2.73. The molecule has 1 aromatic carbocycles. The van der Waals surface area contributed by atoms with Crippen molar-refractivity contribution in [2.45, 2.75) is 13.1 Å². The Kier molecular flexibility index (Phi) is 4.75. The molecular weight excluding hydrogens is 267 g/mol. The van der Waals surface area contributed by atoms with E-state index in [1.54, 1.807) is 6.07 Å². The number of hydrogen-bond acceptors (Lipinski definition) is 2. The first kappa shape index (κ1) is 14.5. The second-order valence-corrected chi connectivity index (χ2v) is 3.51. The summed E-state index contributed by atoms with van der Waals surface area (Å²) in [5, 5.41) is 3.45. The van der Waals surface area contributed by atoms with Gasteiger partial charge < -0.3 is 5.73 Å². The van der Waals surface area contributed by atoms with Gasteiger partial charge in [0.2, 0.25) is 0 Å². The summed E-state index contributed by atoms with van der Waals surface area (Å²) < 4.78 is 38.7. The maximum absolute atomic E-state index is 13.7. The second kappa shape index (κ2) is 5.88. The van der Waals surface area contributed by atoms with Gasteiger partial charge in [0.15, 0.2) is 0 Å². The van der Waals surface area contributed by atoms with Gasteiger partial charge in [-0.25, -0.2) is 9.07 Å². The zero-order chi connectivity index (χ0) is 12.4. The van der Waals surface area contributed by atoms with E-state index < -0.39 is 12.4 Å². The van der Waals surface area contributed by atoms with Crippen LogP contribution in [0.4, 0.5) is 13.2 Å². The molecule has 2 aromatic rings. The van der Waals surface area contributed by atoms with Crippen LogP contribution in [-0.2, 0) is 6.54 Å². The van der Waals surface area contributed by atoms with Gasteiger partial charge in [0.25, 0.3) is 0 Å². The molecule has 1 heterocycles. The molecule has 1 aromatic heterocycles. The molecule has 0 fully saturated rings. The molecule has 0 bridgehead atoms. The number of halogens is 4. The van der Waals surface area contributed by atoms with Gasteiger partial charge >= 0.3 is 6.55 Å². The van der Waals surface area contributed by atoms with Gasteiger partial charge in [-0.1, -0.05) is 12.1 Å². The predicted molar refractivity (Wildman–Crippen MR) is 64.0 cm³/mol. The van der Waals surface area contributed by atoms with Crippen molar-refractivity contribution < 1.29 is 13.2 Å². The summed E-state index contributed by atoms with van der Waals surface area (Å²) in [4.78, 5) is 0. The van der Waals surface area contributed by atoms with Gasteiger partial charge in [0.05, 0.1) is 6.20 Å². The molecule has 0 amide bonds. The second-order valence-electron chi connectivity index (χ2n) is 3.51. The summed E-state index contributed by atoms with van der Waals surface area (Å²) in [5.74, 6) is -0.498. The Labute approximate surface area is 108 Å². The number of hydrogen-bond donors (Lipinski definition) is 1. The van der Waals surface area contributed by atoms with Crippen molar-refractivity contribution in [2.75, 3.05) is 0 Å². The van der Waals surface area contributed by atoms with E-state index >= 15 is 0 Å². The van der Waals surface area contributed by atoms with E-state index in [4.69, 9.17) is 5.73 Å². The van der Waals surface area contributed by atoms with E-state index in [0.717, 1.165) is 6.20 Å². The van der Waals surface area contributed by atoms with Gasteiger partial charge in [-0.2, -0.15) is 13.9 Å². The fourth-order valence-corrected chi connectivity index (χ4v) is 1.50. The van der Waals surface area contributed by atoms with Crippen LogP contribution < -0.4 is 5.73 Å². The molecule has 7 heteroatoms. The summed E-state index contributed by atoms with van der Waals surface area (Å²) in [5.41, 5.74) is 6.56. The van der Waals surface area contributed by atoms with E-state index in [1.165, 1.54) is 18.3 Å². The van der Waals surface area contributed by atoms with Crippen molar-refractivity contribution >= 4 is 12.4 Å². The summed E-state index contributed by atoms with van der Waals surface area (Å²) in [6, 6.07) is 4.44. The molecule has 0 aliphatic carbocycles. The molecule has 0 aliphatic heterocycles. The lowest BCUT2D eigenvalue weighted by Gasteiger charge is -2.02. The highest BCUT2D eigenvalue weighted by Gasteiger charge is 2.11. The average Bonchev–Trinajstić information content (AvgIpc) is 2.78. The Bertz CT molecular complexity index is 528. The first-order chi connectivity index (χ1) is 8.11. The third kappa shape index (κ3) is 2.83. The number of alkyl halides is 2. The smallest absolute Gasteiger partial charge is 0.326 e. The topological polar surface area (TPSA) is 43.8 Å². The monoisotopic (exact) mass is 277 g/mol. The fraction of sp³-hybridized carbons (Fsp3) is 0.182. The molecule has 3 nitrogen and oxygen atoms in total. The maximum atomic E-state index is 13.7. The zero-order valence-corrected chi connectivity index (χ0v) is 10.0. The van der Waals surface area contributed by atoms with Crippen LogP contribution in [0, 0.1) is 5.82 Å². The molecule has 0 radical (unpaired) electrons. The molecule has 0 spiro atoms. The lowest BCUT2D eigenvalue weighted by atomic mass is 10.1. The lowest BCUT2D eigenvalue weighted by Crippen LogP contribution is -1.98. The standard InChI is InChI=1S/C11H10F3N3.ClH/c12-10-3-7(4-15)1-2-9(10)8-5-16-17(6-8)11(13)14;/h1-3,5-6,11H,4,15H2;1H. The summed E-state index contributed by atoms with van der Waals surface area (Å²) in [7, 11) is 0. The molecule has 18 heavy (non-hydrogen) atoms. The number of rotatable bonds is 3. The van der Waals surface area contributed by atoms with E-state index in [2.05, 4.69) is 5.10 Å². The van der Waals surface area contributed by atoms with Crippen LogP contribution in [0.25, 0.3) is 11.1 Å². The summed E-state index contributed by atoms with van der Waals surface area (Å²) in [6.45, 7) is -2.50. The molecule has 0 atom stereocenters. The zero-order valence-electron chi connectivity index (χ0n) is 9.19. The van der Waals surface area contributed by atoms with Crippen molar-refractivity contribution in [1.29, 1.82) is 0 Å². The Balaban J connectivity index is 0.00000162. The van der Waals surface area contributed by atoms with Gasteiger partial charge in [-0.15, -0.1) is 12.4 Å². The Hall–Kier alpha value is -1.53. The highest BCUT2D eigenvalue weighted by Crippen LogP contribution is 2.24. The SMILES string of the molecule is Cl.NCc1ccc(-c2cnn(C(F)F)c2)c(F)c1. The lowest BCUT2D eigenvalue weighted by molar-refractivity contribution is 0.0566. The van der Waals surface area contributed by atoms with Crippen molar-refractivity contribution in [3.05, 3.63) is 42.0 Å². The van der Waals surface area contributed by atoms with Crippen molar-refractivity contribution in [1.82, 2.24) is 9.78 Å². The van der Waals surface area contributed by atoms with Crippen LogP contribution in [0.2, 0.25) is 0 Å². The average molecular weight is 278 g/mol. The molecule has 0 saturated heterocycles. The maximum Gasteiger partial charge on any atom is 0.333 e. The van der Waals surface area contributed by atoms with Gasteiger partial charge in [-0.05, 0) is 11.6 Å². The van der Waals surface area contributed by atoms with Crippen molar-refractivity contribution in [3.8, 4) is 11.1 Å². The first-order valence-electron chi connectivity index (χ1n) is 4.93. The van der Waals surface area contributed by atoms with Crippen LogP contribution >= 0.6 is 12.4 Å². The van der Waals surface area contributed by atoms with E-state index in [1.807, 2.05) is 0 Å². The van der Waals surface area contributed by atoms with Crippen LogP contribution in [0.3, 0.4) is 0 Å². The Morgan fingerprint density at radius 3 is 2.56 bits per heavy atom. The third-order valence-corrected chi connectivity index (χ3v) is 2.38. The fourth-order valence-electron chi connectivity index (χ4n) is 1.50. The number of aromatic nitrogens is 2. The van der Waals surface area contributed by atoms with Gasteiger partial charge in [-0.3, -0.25) is 0 Å².